The average molecular weight is 371 g/mol. The number of aryl methyl sites for hydroxylation is 1. The van der Waals surface area contributed by atoms with Crippen LogP contribution in [-0.4, -0.2) is 0 Å². The fourth-order valence-electron chi connectivity index (χ4n) is 3.67. The van der Waals surface area contributed by atoms with Crippen LogP contribution in [0, 0.1) is 0 Å². The highest BCUT2D eigenvalue weighted by molar-refractivity contribution is 9.10. The molecule has 0 aromatic heterocycles. The monoisotopic (exact) mass is 370 g/mol. The van der Waals surface area contributed by atoms with Gasteiger partial charge in [0, 0.05) is 4.47 Å². The van der Waals surface area contributed by atoms with E-state index < -0.39 is 0 Å². The molecule has 0 heterocycles. The van der Waals surface area contributed by atoms with E-state index in [0.29, 0.717) is 0 Å². The molecule has 0 saturated carbocycles. The first kappa shape index (κ1) is 16.8. The number of benzene rings is 2. The van der Waals surface area contributed by atoms with Crippen LogP contribution in [0.25, 0.3) is 11.1 Å². The van der Waals surface area contributed by atoms with Crippen molar-refractivity contribution in [2.45, 2.75) is 64.7 Å². The minimum absolute atomic E-state index is 1.09. The number of fused-ring (bicyclic) bond motifs is 3. The number of unbranched alkanes of at least 4 members (excludes halogenated alkanes) is 6. The largest absolute Gasteiger partial charge is 0.0654 e. The predicted molar refractivity (Wildman–Crippen MR) is 104 cm³/mol. The third kappa shape index (κ3) is 4.26. The van der Waals surface area contributed by atoms with Crippen molar-refractivity contribution in [2.75, 3.05) is 0 Å². The van der Waals surface area contributed by atoms with Crippen LogP contribution in [0.3, 0.4) is 0 Å². The van der Waals surface area contributed by atoms with Crippen molar-refractivity contribution in [3.05, 3.63) is 57.6 Å². The Hall–Kier alpha value is -1.08. The summed E-state index contributed by atoms with van der Waals surface area (Å²) in [5.41, 5.74) is 7.35. The normalized spacial score (nSPS) is 12.3. The summed E-state index contributed by atoms with van der Waals surface area (Å²) in [5, 5.41) is 0. The fraction of sp³-hybridized carbons (Fsp3) is 0.455. The summed E-state index contributed by atoms with van der Waals surface area (Å²) in [5.74, 6) is 0. The van der Waals surface area contributed by atoms with Crippen molar-refractivity contribution in [3.8, 4) is 11.1 Å². The molecule has 2 aromatic rings. The van der Waals surface area contributed by atoms with Gasteiger partial charge in [-0.25, -0.2) is 0 Å². The zero-order chi connectivity index (χ0) is 16.1. The van der Waals surface area contributed by atoms with E-state index in [1.807, 2.05) is 0 Å². The highest BCUT2D eigenvalue weighted by Crippen LogP contribution is 2.38. The molecule has 0 aliphatic heterocycles. The van der Waals surface area contributed by atoms with Gasteiger partial charge in [-0.2, -0.15) is 0 Å². The fourth-order valence-corrected chi connectivity index (χ4v) is 4.08. The van der Waals surface area contributed by atoms with Crippen LogP contribution in [-0.2, 0) is 12.8 Å². The van der Waals surface area contributed by atoms with Crippen molar-refractivity contribution in [1.82, 2.24) is 0 Å². The van der Waals surface area contributed by atoms with Crippen molar-refractivity contribution in [2.24, 2.45) is 0 Å². The van der Waals surface area contributed by atoms with Crippen molar-refractivity contribution in [1.29, 1.82) is 0 Å². The molecule has 122 valence electrons. The zero-order valence-corrected chi connectivity index (χ0v) is 15.8. The summed E-state index contributed by atoms with van der Waals surface area (Å²) in [4.78, 5) is 0. The van der Waals surface area contributed by atoms with Gasteiger partial charge in [-0.1, -0.05) is 85.6 Å². The molecule has 0 nitrogen and oxygen atoms in total. The number of hydrogen-bond acceptors (Lipinski definition) is 0. The first-order valence-electron chi connectivity index (χ1n) is 9.18. The second kappa shape index (κ2) is 8.15. The standard InChI is InChI=1S/C22H27Br/c1-2-3-4-5-6-7-8-9-17-10-12-21-18(14-17)15-19-16-20(23)11-13-22(19)21/h10-14,16H,2-9,15H2,1H3. The molecular formula is C22H27Br. The number of halogens is 1. The number of hydrogen-bond donors (Lipinski definition) is 0. The maximum Gasteiger partial charge on any atom is 0.0178 e. The molecule has 1 aliphatic carbocycles. The molecule has 0 spiro atoms. The van der Waals surface area contributed by atoms with Crippen LogP contribution in [0.1, 0.15) is 68.6 Å². The summed E-state index contributed by atoms with van der Waals surface area (Å²) >= 11 is 3.59. The second-order valence-electron chi connectivity index (χ2n) is 6.84. The quantitative estimate of drug-likeness (QED) is 0.364. The molecular weight excluding hydrogens is 344 g/mol. The van der Waals surface area contributed by atoms with E-state index in [1.54, 1.807) is 0 Å². The van der Waals surface area contributed by atoms with Gasteiger partial charge < -0.3 is 0 Å². The van der Waals surface area contributed by atoms with Gasteiger partial charge in [0.25, 0.3) is 0 Å². The molecule has 0 saturated heterocycles. The molecule has 0 amide bonds. The molecule has 0 N–H and O–H groups in total. The average Bonchev–Trinajstić information content (AvgIpc) is 2.90. The molecule has 0 unspecified atom stereocenters. The molecule has 0 fully saturated rings. The van der Waals surface area contributed by atoms with E-state index in [2.05, 4.69) is 59.3 Å². The lowest BCUT2D eigenvalue weighted by Crippen LogP contribution is -1.89. The Bertz CT molecular complexity index is 657. The lowest BCUT2D eigenvalue weighted by atomic mass is 9.99. The Kier molecular flexibility index (Phi) is 5.94. The minimum atomic E-state index is 1.09. The molecule has 1 aliphatic rings. The maximum atomic E-state index is 3.59. The van der Waals surface area contributed by atoms with Crippen LogP contribution in [0.4, 0.5) is 0 Å². The Morgan fingerprint density at radius 3 is 2.22 bits per heavy atom. The van der Waals surface area contributed by atoms with Gasteiger partial charge in [0.15, 0.2) is 0 Å². The van der Waals surface area contributed by atoms with E-state index in [9.17, 15) is 0 Å². The van der Waals surface area contributed by atoms with Gasteiger partial charge in [0.05, 0.1) is 0 Å². The van der Waals surface area contributed by atoms with Crippen molar-refractivity contribution in [3.63, 3.8) is 0 Å². The Morgan fingerprint density at radius 1 is 0.783 bits per heavy atom. The van der Waals surface area contributed by atoms with Crippen LogP contribution < -0.4 is 0 Å². The first-order chi connectivity index (χ1) is 11.3. The van der Waals surface area contributed by atoms with Crippen LogP contribution >= 0.6 is 15.9 Å². The molecule has 0 atom stereocenters. The summed E-state index contributed by atoms with van der Waals surface area (Å²) in [7, 11) is 0. The highest BCUT2D eigenvalue weighted by Gasteiger charge is 2.18. The Balaban J connectivity index is 1.53. The lowest BCUT2D eigenvalue weighted by Gasteiger charge is -2.06. The van der Waals surface area contributed by atoms with Crippen molar-refractivity contribution < 1.29 is 0 Å². The SMILES string of the molecule is CCCCCCCCCc1ccc2c(c1)Cc1cc(Br)ccc1-2. The van der Waals surface area contributed by atoms with Crippen molar-refractivity contribution >= 4 is 15.9 Å². The third-order valence-electron chi connectivity index (χ3n) is 4.98. The molecule has 1 heteroatoms. The summed E-state index contributed by atoms with van der Waals surface area (Å²) in [6.07, 6.45) is 12.0. The highest BCUT2D eigenvalue weighted by atomic mass is 79.9. The van der Waals surface area contributed by atoms with Crippen LogP contribution in [0.15, 0.2) is 40.9 Å². The molecule has 23 heavy (non-hydrogen) atoms. The Labute approximate surface area is 149 Å². The molecule has 3 rings (SSSR count). The van der Waals surface area contributed by atoms with E-state index >= 15 is 0 Å². The van der Waals surface area contributed by atoms with E-state index in [0.717, 1.165) is 6.42 Å². The van der Waals surface area contributed by atoms with E-state index in [4.69, 9.17) is 0 Å². The smallest absolute Gasteiger partial charge is 0.0178 e. The first-order valence-corrected chi connectivity index (χ1v) is 9.98. The minimum Gasteiger partial charge on any atom is -0.0654 e. The van der Waals surface area contributed by atoms with Crippen LogP contribution in [0.5, 0.6) is 0 Å². The lowest BCUT2D eigenvalue weighted by molar-refractivity contribution is 0.589. The van der Waals surface area contributed by atoms with Gasteiger partial charge >= 0.3 is 0 Å². The third-order valence-corrected chi connectivity index (χ3v) is 5.47. The van der Waals surface area contributed by atoms with Gasteiger partial charge in [-0.05, 0) is 59.2 Å². The van der Waals surface area contributed by atoms with Gasteiger partial charge in [0.2, 0.25) is 0 Å². The van der Waals surface area contributed by atoms with E-state index in [1.165, 1.54) is 83.7 Å². The van der Waals surface area contributed by atoms with Crippen LogP contribution in [0.2, 0.25) is 0 Å². The maximum absolute atomic E-state index is 3.59. The molecule has 0 bridgehead atoms. The summed E-state index contributed by atoms with van der Waals surface area (Å²) in [6, 6.07) is 13.8. The van der Waals surface area contributed by atoms with Gasteiger partial charge in [-0.15, -0.1) is 0 Å². The predicted octanol–water partition coefficient (Wildman–Crippen LogP) is 7.31. The second-order valence-corrected chi connectivity index (χ2v) is 7.76. The van der Waals surface area contributed by atoms with Gasteiger partial charge in [0.1, 0.15) is 0 Å². The van der Waals surface area contributed by atoms with E-state index in [-0.39, 0.29) is 0 Å². The molecule has 2 aromatic carbocycles. The molecule has 0 radical (unpaired) electrons. The summed E-state index contributed by atoms with van der Waals surface area (Å²) in [6.45, 7) is 2.28. The number of rotatable bonds is 8. The topological polar surface area (TPSA) is 0 Å². The van der Waals surface area contributed by atoms with Gasteiger partial charge in [-0.3, -0.25) is 0 Å². The Morgan fingerprint density at radius 2 is 1.43 bits per heavy atom. The summed E-state index contributed by atoms with van der Waals surface area (Å²) < 4.78 is 1.19. The zero-order valence-electron chi connectivity index (χ0n) is 14.2.